The normalized spacial score (nSPS) is 11.6. The molecular formula is C17H17NO2S. The van der Waals surface area contributed by atoms with Crippen LogP contribution in [-0.2, 0) is 17.6 Å². The summed E-state index contributed by atoms with van der Waals surface area (Å²) >= 11 is 5.27. The zero-order valence-electron chi connectivity index (χ0n) is 11.5. The van der Waals surface area contributed by atoms with Crippen molar-refractivity contribution in [3.8, 4) is 0 Å². The molecule has 2 N–H and O–H groups in total. The summed E-state index contributed by atoms with van der Waals surface area (Å²) in [6, 6.07) is 18.6. The third-order valence-electron chi connectivity index (χ3n) is 3.12. The summed E-state index contributed by atoms with van der Waals surface area (Å²) in [7, 11) is 0. The summed E-state index contributed by atoms with van der Waals surface area (Å²) < 4.78 is 0. The molecule has 0 bridgehead atoms. The second kappa shape index (κ2) is 7.55. The molecule has 1 atom stereocenters. The molecule has 0 amide bonds. The van der Waals surface area contributed by atoms with Gasteiger partial charge in [0.1, 0.15) is 6.04 Å². The Hall–Kier alpha value is -2.20. The number of hydrogen-bond donors (Lipinski definition) is 2. The first-order chi connectivity index (χ1) is 10.1. The van der Waals surface area contributed by atoms with E-state index in [2.05, 4.69) is 5.32 Å². The fourth-order valence-corrected chi connectivity index (χ4v) is 2.39. The molecular weight excluding hydrogens is 282 g/mol. The number of rotatable bonds is 6. The number of aliphatic carboxylic acids is 1. The standard InChI is InChI=1S/C17H17NO2S/c19-17(20)15(11-13-7-3-1-4-8-13)18-16(21)12-14-9-5-2-6-10-14/h1-10,15H,11-12H2,(H,18,21)(H,19,20)/t15-/m0/s1. The molecule has 0 radical (unpaired) electrons. The van der Waals surface area contributed by atoms with Crippen molar-refractivity contribution in [1.82, 2.24) is 5.32 Å². The van der Waals surface area contributed by atoms with Gasteiger partial charge in [0.15, 0.2) is 0 Å². The third-order valence-corrected chi connectivity index (χ3v) is 3.39. The van der Waals surface area contributed by atoms with E-state index in [-0.39, 0.29) is 0 Å². The lowest BCUT2D eigenvalue weighted by molar-refractivity contribution is -0.139. The van der Waals surface area contributed by atoms with Crippen molar-refractivity contribution in [1.29, 1.82) is 0 Å². The molecule has 21 heavy (non-hydrogen) atoms. The van der Waals surface area contributed by atoms with Crippen LogP contribution >= 0.6 is 12.2 Å². The molecule has 108 valence electrons. The highest BCUT2D eigenvalue weighted by Crippen LogP contribution is 2.05. The summed E-state index contributed by atoms with van der Waals surface area (Å²) in [6.45, 7) is 0. The smallest absolute Gasteiger partial charge is 0.326 e. The van der Waals surface area contributed by atoms with Crippen LogP contribution in [0.25, 0.3) is 0 Å². The highest BCUT2D eigenvalue weighted by molar-refractivity contribution is 7.80. The molecule has 0 heterocycles. The lowest BCUT2D eigenvalue weighted by atomic mass is 10.1. The van der Waals surface area contributed by atoms with Gasteiger partial charge in [0, 0.05) is 12.8 Å². The monoisotopic (exact) mass is 299 g/mol. The molecule has 2 aromatic carbocycles. The molecule has 0 aliphatic heterocycles. The van der Waals surface area contributed by atoms with E-state index >= 15 is 0 Å². The first kappa shape index (κ1) is 15.2. The quantitative estimate of drug-likeness (QED) is 0.805. The summed E-state index contributed by atoms with van der Waals surface area (Å²) in [4.78, 5) is 11.9. The Bertz CT molecular complexity index is 599. The van der Waals surface area contributed by atoms with Crippen LogP contribution in [0.2, 0.25) is 0 Å². The fourth-order valence-electron chi connectivity index (χ4n) is 2.08. The van der Waals surface area contributed by atoms with Gasteiger partial charge in [-0.25, -0.2) is 4.79 Å². The van der Waals surface area contributed by atoms with Gasteiger partial charge in [-0.3, -0.25) is 0 Å². The number of benzene rings is 2. The van der Waals surface area contributed by atoms with Crippen LogP contribution in [-0.4, -0.2) is 22.1 Å². The highest BCUT2D eigenvalue weighted by Gasteiger charge is 2.18. The number of carbonyl (C=O) groups is 1. The fraction of sp³-hybridized carbons (Fsp3) is 0.176. The zero-order valence-corrected chi connectivity index (χ0v) is 12.3. The summed E-state index contributed by atoms with van der Waals surface area (Å²) in [5.74, 6) is -0.894. The van der Waals surface area contributed by atoms with Gasteiger partial charge < -0.3 is 10.4 Å². The Morgan fingerprint density at radius 1 is 1.00 bits per heavy atom. The van der Waals surface area contributed by atoms with E-state index < -0.39 is 12.0 Å². The van der Waals surface area contributed by atoms with E-state index in [0.717, 1.165) is 11.1 Å². The molecule has 3 nitrogen and oxygen atoms in total. The van der Waals surface area contributed by atoms with Gasteiger partial charge in [-0.05, 0) is 11.1 Å². The molecule has 4 heteroatoms. The largest absolute Gasteiger partial charge is 0.480 e. The van der Waals surface area contributed by atoms with Crippen molar-refractivity contribution in [2.45, 2.75) is 18.9 Å². The van der Waals surface area contributed by atoms with Gasteiger partial charge in [0.05, 0.1) is 4.99 Å². The van der Waals surface area contributed by atoms with Crippen LogP contribution in [0.1, 0.15) is 11.1 Å². The number of hydrogen-bond acceptors (Lipinski definition) is 2. The van der Waals surface area contributed by atoms with E-state index in [1.165, 1.54) is 0 Å². The minimum atomic E-state index is -0.894. The average Bonchev–Trinajstić information content (AvgIpc) is 2.48. The Morgan fingerprint density at radius 2 is 1.52 bits per heavy atom. The highest BCUT2D eigenvalue weighted by atomic mass is 32.1. The zero-order chi connectivity index (χ0) is 15.1. The maximum atomic E-state index is 11.4. The Labute approximate surface area is 129 Å². The minimum Gasteiger partial charge on any atom is -0.480 e. The maximum absolute atomic E-state index is 11.4. The van der Waals surface area contributed by atoms with Crippen LogP contribution < -0.4 is 5.32 Å². The van der Waals surface area contributed by atoms with E-state index in [0.29, 0.717) is 17.8 Å². The van der Waals surface area contributed by atoms with Crippen molar-refractivity contribution in [2.75, 3.05) is 0 Å². The summed E-state index contributed by atoms with van der Waals surface area (Å²) in [5.41, 5.74) is 2.04. The van der Waals surface area contributed by atoms with Gasteiger partial charge in [-0.2, -0.15) is 0 Å². The predicted molar refractivity (Wildman–Crippen MR) is 87.4 cm³/mol. The van der Waals surface area contributed by atoms with Crippen molar-refractivity contribution in [2.24, 2.45) is 0 Å². The van der Waals surface area contributed by atoms with E-state index in [4.69, 9.17) is 12.2 Å². The second-order valence-corrected chi connectivity index (χ2v) is 5.30. The number of carboxylic acids is 1. The number of nitrogens with one attached hydrogen (secondary N) is 1. The minimum absolute atomic E-state index is 0.408. The van der Waals surface area contributed by atoms with E-state index in [1.807, 2.05) is 60.7 Å². The molecule has 0 saturated heterocycles. The van der Waals surface area contributed by atoms with Crippen LogP contribution in [0.5, 0.6) is 0 Å². The van der Waals surface area contributed by atoms with Crippen LogP contribution in [0, 0.1) is 0 Å². The third kappa shape index (κ3) is 5.00. The van der Waals surface area contributed by atoms with Gasteiger partial charge in [0.2, 0.25) is 0 Å². The van der Waals surface area contributed by atoms with Crippen molar-refractivity contribution in [3.63, 3.8) is 0 Å². The van der Waals surface area contributed by atoms with E-state index in [1.54, 1.807) is 0 Å². The maximum Gasteiger partial charge on any atom is 0.326 e. The molecule has 0 aliphatic carbocycles. The molecule has 0 spiro atoms. The molecule has 0 aliphatic rings. The van der Waals surface area contributed by atoms with Gasteiger partial charge >= 0.3 is 5.97 Å². The van der Waals surface area contributed by atoms with Crippen LogP contribution in [0.3, 0.4) is 0 Å². The summed E-state index contributed by atoms with van der Waals surface area (Å²) in [5, 5.41) is 12.3. The van der Waals surface area contributed by atoms with Crippen molar-refractivity contribution in [3.05, 3.63) is 71.8 Å². The lowest BCUT2D eigenvalue weighted by Gasteiger charge is -2.16. The number of thiocarbonyl (C=S) groups is 1. The van der Waals surface area contributed by atoms with Crippen molar-refractivity contribution < 1.29 is 9.90 Å². The topological polar surface area (TPSA) is 49.3 Å². The van der Waals surface area contributed by atoms with Gasteiger partial charge in [0.25, 0.3) is 0 Å². The number of carboxylic acid groups (broad SMARTS) is 1. The lowest BCUT2D eigenvalue weighted by Crippen LogP contribution is -2.42. The molecule has 2 aromatic rings. The van der Waals surface area contributed by atoms with Crippen LogP contribution in [0.15, 0.2) is 60.7 Å². The Morgan fingerprint density at radius 3 is 2.05 bits per heavy atom. The van der Waals surface area contributed by atoms with Gasteiger partial charge in [-0.15, -0.1) is 0 Å². The molecule has 2 rings (SSSR count). The molecule has 0 saturated carbocycles. The summed E-state index contributed by atoms with van der Waals surface area (Å²) in [6.07, 6.45) is 0.958. The van der Waals surface area contributed by atoms with Crippen molar-refractivity contribution >= 4 is 23.2 Å². The second-order valence-electron chi connectivity index (χ2n) is 4.81. The first-order valence-corrected chi connectivity index (χ1v) is 7.16. The van der Waals surface area contributed by atoms with E-state index in [9.17, 15) is 9.90 Å². The van der Waals surface area contributed by atoms with Gasteiger partial charge in [-0.1, -0.05) is 72.9 Å². The predicted octanol–water partition coefficient (Wildman–Crippen LogP) is 2.84. The Kier molecular flexibility index (Phi) is 5.46. The molecule has 0 aromatic heterocycles. The molecule has 0 fully saturated rings. The SMILES string of the molecule is O=C(O)[C@H](Cc1ccccc1)NC(=S)Cc1ccccc1. The molecule has 0 unspecified atom stereocenters. The Balaban J connectivity index is 1.96. The average molecular weight is 299 g/mol. The van der Waals surface area contributed by atoms with Crippen LogP contribution in [0.4, 0.5) is 0 Å². The first-order valence-electron chi connectivity index (χ1n) is 6.75.